The molecule has 0 amide bonds. The molecule has 2 aromatic heterocycles. The standard InChI is InChI=1S/C25H28N4O5/c1-15-23-25(31)27-22(14-18-10-12-20(33-3)21(13-18)34-32)28-29(23)24(26-15)19(16(2)30)11-9-17-7-5-4-6-8-17/h4-8,10,12-13,16,19,30,32H,9,11,14H2,1-3H3,(H,27,28,31)/t16-,19+/m1/s1. The number of benzene rings is 2. The van der Waals surface area contributed by atoms with Crippen LogP contribution in [0.3, 0.4) is 0 Å². The molecule has 4 aromatic rings. The fraction of sp³-hybridized carbons (Fsp3) is 0.320. The van der Waals surface area contributed by atoms with E-state index in [0.717, 1.165) is 12.0 Å². The highest BCUT2D eigenvalue weighted by Gasteiger charge is 2.25. The van der Waals surface area contributed by atoms with Crippen LogP contribution in [0.4, 0.5) is 0 Å². The molecule has 0 bridgehead atoms. The van der Waals surface area contributed by atoms with Crippen molar-refractivity contribution in [2.45, 2.75) is 45.1 Å². The Labute approximate surface area is 196 Å². The summed E-state index contributed by atoms with van der Waals surface area (Å²) in [5.41, 5.74) is 2.53. The molecular formula is C25H28N4O5. The number of aliphatic hydroxyl groups is 1. The van der Waals surface area contributed by atoms with E-state index >= 15 is 0 Å². The largest absolute Gasteiger partial charge is 0.493 e. The van der Waals surface area contributed by atoms with E-state index in [-0.39, 0.29) is 23.6 Å². The highest BCUT2D eigenvalue weighted by Crippen LogP contribution is 2.29. The van der Waals surface area contributed by atoms with Crippen LogP contribution >= 0.6 is 0 Å². The van der Waals surface area contributed by atoms with Gasteiger partial charge in [0.2, 0.25) is 5.75 Å². The van der Waals surface area contributed by atoms with Crippen molar-refractivity contribution in [3.63, 3.8) is 0 Å². The summed E-state index contributed by atoms with van der Waals surface area (Å²) in [4.78, 5) is 24.8. The number of fused-ring (bicyclic) bond motifs is 1. The zero-order valence-electron chi connectivity index (χ0n) is 19.4. The fourth-order valence-corrected chi connectivity index (χ4v) is 4.21. The second-order valence-corrected chi connectivity index (χ2v) is 8.34. The van der Waals surface area contributed by atoms with Crippen molar-refractivity contribution in [1.82, 2.24) is 19.6 Å². The zero-order valence-corrected chi connectivity index (χ0v) is 19.4. The molecule has 0 unspecified atom stereocenters. The van der Waals surface area contributed by atoms with E-state index < -0.39 is 6.10 Å². The molecular weight excluding hydrogens is 436 g/mol. The number of imidazole rings is 1. The van der Waals surface area contributed by atoms with Crippen LogP contribution in [-0.2, 0) is 12.8 Å². The van der Waals surface area contributed by atoms with Gasteiger partial charge in [-0.15, -0.1) is 0 Å². The number of rotatable bonds is 9. The molecule has 34 heavy (non-hydrogen) atoms. The van der Waals surface area contributed by atoms with Crippen molar-refractivity contribution < 1.29 is 20.0 Å². The molecule has 178 valence electrons. The molecule has 2 atom stereocenters. The summed E-state index contributed by atoms with van der Waals surface area (Å²) >= 11 is 0. The SMILES string of the molecule is COc1ccc(Cc2nn3c([C@@H](CCc4ccccc4)[C@@H](C)O)nc(C)c3c(=O)[nH]2)cc1OO. The van der Waals surface area contributed by atoms with Gasteiger partial charge in [0.1, 0.15) is 11.6 Å². The van der Waals surface area contributed by atoms with Gasteiger partial charge in [0, 0.05) is 12.3 Å². The molecule has 0 fully saturated rings. The number of hydrogen-bond donors (Lipinski definition) is 3. The Bertz CT molecular complexity index is 1330. The van der Waals surface area contributed by atoms with Crippen LogP contribution in [0.2, 0.25) is 0 Å². The number of aromatic nitrogens is 4. The number of nitrogens with zero attached hydrogens (tertiary/aromatic N) is 3. The highest BCUT2D eigenvalue weighted by atomic mass is 17.1. The maximum atomic E-state index is 12.9. The van der Waals surface area contributed by atoms with Gasteiger partial charge in [-0.3, -0.25) is 4.79 Å². The predicted molar refractivity (Wildman–Crippen MR) is 127 cm³/mol. The molecule has 0 aliphatic heterocycles. The van der Waals surface area contributed by atoms with Gasteiger partial charge in [-0.25, -0.2) is 14.8 Å². The Kier molecular flexibility index (Phi) is 6.95. The average Bonchev–Trinajstić information content (AvgIpc) is 3.15. The van der Waals surface area contributed by atoms with Crippen molar-refractivity contribution in [2.24, 2.45) is 0 Å². The molecule has 0 aliphatic rings. The Hall–Kier alpha value is -3.69. The lowest BCUT2D eigenvalue weighted by Gasteiger charge is -2.18. The van der Waals surface area contributed by atoms with Crippen molar-refractivity contribution >= 4 is 5.52 Å². The molecule has 0 aliphatic carbocycles. The van der Waals surface area contributed by atoms with E-state index in [2.05, 4.69) is 20.0 Å². The Morgan fingerprint density at radius 1 is 1.12 bits per heavy atom. The first kappa shape index (κ1) is 23.5. The van der Waals surface area contributed by atoms with Gasteiger partial charge < -0.3 is 19.7 Å². The van der Waals surface area contributed by atoms with E-state index in [0.29, 0.717) is 35.0 Å². The van der Waals surface area contributed by atoms with E-state index in [1.807, 2.05) is 30.3 Å². The number of ether oxygens (including phenoxy) is 1. The first-order chi connectivity index (χ1) is 16.4. The van der Waals surface area contributed by atoms with Crippen molar-refractivity contribution in [3.05, 3.63) is 87.4 Å². The predicted octanol–water partition coefficient (Wildman–Crippen LogP) is 3.27. The van der Waals surface area contributed by atoms with Gasteiger partial charge in [0.05, 0.1) is 18.9 Å². The van der Waals surface area contributed by atoms with Gasteiger partial charge >= 0.3 is 0 Å². The molecule has 3 N–H and O–H groups in total. The van der Waals surface area contributed by atoms with Crippen molar-refractivity contribution in [1.29, 1.82) is 0 Å². The van der Waals surface area contributed by atoms with Gasteiger partial charge in [0.25, 0.3) is 5.56 Å². The van der Waals surface area contributed by atoms with Crippen LogP contribution in [0, 0.1) is 6.92 Å². The van der Waals surface area contributed by atoms with Gasteiger partial charge in [-0.2, -0.15) is 5.10 Å². The van der Waals surface area contributed by atoms with E-state index in [4.69, 9.17) is 9.99 Å². The summed E-state index contributed by atoms with van der Waals surface area (Å²) in [6.07, 6.45) is 1.02. The van der Waals surface area contributed by atoms with Crippen LogP contribution in [0.15, 0.2) is 53.3 Å². The number of methoxy groups -OCH3 is 1. The summed E-state index contributed by atoms with van der Waals surface area (Å²) in [5, 5.41) is 24.4. The topological polar surface area (TPSA) is 122 Å². The van der Waals surface area contributed by atoms with Gasteiger partial charge in [0.15, 0.2) is 11.3 Å². The lowest BCUT2D eigenvalue weighted by Crippen LogP contribution is -2.22. The third-order valence-corrected chi connectivity index (χ3v) is 5.95. The van der Waals surface area contributed by atoms with Gasteiger partial charge in [-0.05, 0) is 49.9 Å². The molecule has 0 spiro atoms. The Morgan fingerprint density at radius 3 is 2.56 bits per heavy atom. The minimum absolute atomic E-state index is 0.165. The van der Waals surface area contributed by atoms with Crippen LogP contribution in [0.5, 0.6) is 11.5 Å². The fourth-order valence-electron chi connectivity index (χ4n) is 4.21. The Morgan fingerprint density at radius 2 is 1.88 bits per heavy atom. The lowest BCUT2D eigenvalue weighted by atomic mass is 9.94. The first-order valence-corrected chi connectivity index (χ1v) is 11.1. The maximum absolute atomic E-state index is 12.9. The highest BCUT2D eigenvalue weighted by molar-refractivity contribution is 5.50. The number of aryl methyl sites for hydroxylation is 2. The third kappa shape index (κ3) is 4.80. The number of H-pyrrole nitrogens is 1. The summed E-state index contributed by atoms with van der Waals surface area (Å²) in [5.74, 6) is 1.21. The molecule has 9 nitrogen and oxygen atoms in total. The molecule has 9 heteroatoms. The minimum atomic E-state index is -0.677. The second kappa shape index (κ2) is 10.1. The zero-order chi connectivity index (χ0) is 24.2. The summed E-state index contributed by atoms with van der Waals surface area (Å²) in [6.45, 7) is 3.49. The van der Waals surface area contributed by atoms with Crippen LogP contribution in [0.1, 0.15) is 47.7 Å². The number of aliphatic hydroxyl groups excluding tert-OH is 1. The first-order valence-electron chi connectivity index (χ1n) is 11.1. The molecule has 0 saturated carbocycles. The average molecular weight is 465 g/mol. The normalized spacial score (nSPS) is 13.1. The van der Waals surface area contributed by atoms with E-state index in [1.165, 1.54) is 12.7 Å². The lowest BCUT2D eigenvalue weighted by molar-refractivity contribution is -0.139. The van der Waals surface area contributed by atoms with Crippen molar-refractivity contribution in [3.8, 4) is 11.5 Å². The maximum Gasteiger partial charge on any atom is 0.277 e. The second-order valence-electron chi connectivity index (χ2n) is 8.34. The monoisotopic (exact) mass is 464 g/mol. The molecule has 0 saturated heterocycles. The smallest absolute Gasteiger partial charge is 0.277 e. The minimum Gasteiger partial charge on any atom is -0.493 e. The quantitative estimate of drug-likeness (QED) is 0.257. The number of nitrogens with one attached hydrogen (secondary N) is 1. The number of aromatic amines is 1. The van der Waals surface area contributed by atoms with Crippen LogP contribution < -0.4 is 15.2 Å². The summed E-state index contributed by atoms with van der Waals surface area (Å²) in [6, 6.07) is 15.1. The van der Waals surface area contributed by atoms with E-state index in [1.54, 1.807) is 36.6 Å². The Balaban J connectivity index is 1.70. The number of hydrogen-bond acceptors (Lipinski definition) is 7. The third-order valence-electron chi connectivity index (χ3n) is 5.95. The van der Waals surface area contributed by atoms with Crippen LogP contribution in [0.25, 0.3) is 5.52 Å². The van der Waals surface area contributed by atoms with E-state index in [9.17, 15) is 9.90 Å². The summed E-state index contributed by atoms with van der Waals surface area (Å²) < 4.78 is 6.70. The van der Waals surface area contributed by atoms with Crippen LogP contribution in [-0.4, -0.2) is 43.2 Å². The molecule has 0 radical (unpaired) electrons. The molecule has 2 heterocycles. The van der Waals surface area contributed by atoms with Crippen molar-refractivity contribution in [2.75, 3.05) is 7.11 Å². The molecule has 2 aromatic carbocycles. The summed E-state index contributed by atoms with van der Waals surface area (Å²) in [7, 11) is 1.48. The molecule has 4 rings (SSSR count). The van der Waals surface area contributed by atoms with Gasteiger partial charge in [-0.1, -0.05) is 36.4 Å².